The van der Waals surface area contributed by atoms with Crippen LogP contribution >= 0.6 is 11.3 Å². The van der Waals surface area contributed by atoms with Crippen LogP contribution in [0.5, 0.6) is 0 Å². The van der Waals surface area contributed by atoms with Crippen molar-refractivity contribution in [1.29, 1.82) is 0 Å². The molecule has 0 bridgehead atoms. The molecule has 2 amide bonds. The molecule has 2 aromatic rings. The predicted molar refractivity (Wildman–Crippen MR) is 109 cm³/mol. The summed E-state index contributed by atoms with van der Waals surface area (Å²) >= 11 is 1.84. The van der Waals surface area contributed by atoms with Gasteiger partial charge in [0.05, 0.1) is 6.04 Å². The summed E-state index contributed by atoms with van der Waals surface area (Å²) in [6.45, 7) is 5.23. The van der Waals surface area contributed by atoms with Crippen LogP contribution in [0, 0.1) is 0 Å². The Morgan fingerprint density at radius 2 is 1.85 bits per heavy atom. The second-order valence-corrected chi connectivity index (χ2v) is 7.97. The van der Waals surface area contributed by atoms with Crippen molar-refractivity contribution in [2.45, 2.75) is 31.7 Å². The first-order chi connectivity index (χ1) is 13.1. The lowest BCUT2D eigenvalue weighted by Crippen LogP contribution is -2.44. The number of hydrogen-bond donors (Lipinski definition) is 2. The minimum atomic E-state index is -0.581. The van der Waals surface area contributed by atoms with Crippen molar-refractivity contribution < 1.29 is 9.59 Å². The molecular weight excluding hydrogens is 358 g/mol. The fourth-order valence-electron chi connectivity index (χ4n) is 3.46. The van der Waals surface area contributed by atoms with Gasteiger partial charge in [-0.25, -0.2) is 0 Å². The van der Waals surface area contributed by atoms with Crippen molar-refractivity contribution in [3.8, 4) is 0 Å². The molecule has 1 aromatic heterocycles. The van der Waals surface area contributed by atoms with Crippen LogP contribution in [0.25, 0.3) is 0 Å². The van der Waals surface area contributed by atoms with E-state index in [1.54, 1.807) is 0 Å². The molecule has 0 spiro atoms. The summed E-state index contributed by atoms with van der Waals surface area (Å²) in [5.74, 6) is -0.477. The van der Waals surface area contributed by atoms with Gasteiger partial charge in [-0.15, -0.1) is 11.3 Å². The van der Waals surface area contributed by atoms with E-state index in [1.165, 1.54) is 4.88 Å². The van der Waals surface area contributed by atoms with Gasteiger partial charge in [-0.05, 0) is 55.8 Å². The summed E-state index contributed by atoms with van der Waals surface area (Å²) in [5.41, 5.74) is 0.979. The van der Waals surface area contributed by atoms with Gasteiger partial charge in [0.2, 0.25) is 0 Å². The van der Waals surface area contributed by atoms with E-state index in [4.69, 9.17) is 0 Å². The number of hydrogen-bond acceptors (Lipinski definition) is 4. The summed E-state index contributed by atoms with van der Waals surface area (Å²) in [6.07, 6.45) is 2.31. The third kappa shape index (κ3) is 5.65. The largest absolute Gasteiger partial charge is 0.347 e. The molecule has 1 aliphatic rings. The fraction of sp³-hybridized carbons (Fsp3) is 0.429. The van der Waals surface area contributed by atoms with Gasteiger partial charge in [0.25, 0.3) is 0 Å². The maximum atomic E-state index is 12.0. The van der Waals surface area contributed by atoms with Crippen LogP contribution in [0.3, 0.4) is 0 Å². The Labute approximate surface area is 164 Å². The maximum absolute atomic E-state index is 12.0. The molecule has 2 N–H and O–H groups in total. The summed E-state index contributed by atoms with van der Waals surface area (Å²) in [6, 6.07) is 13.8. The monoisotopic (exact) mass is 385 g/mol. The molecule has 6 heteroatoms. The van der Waals surface area contributed by atoms with E-state index in [2.05, 4.69) is 33.0 Å². The number of benzene rings is 1. The number of nitrogens with zero attached hydrogens (tertiary/aromatic N) is 1. The molecule has 144 valence electrons. The van der Waals surface area contributed by atoms with Crippen molar-refractivity contribution in [2.24, 2.45) is 0 Å². The lowest BCUT2D eigenvalue weighted by Gasteiger charge is -2.31. The standard InChI is InChI=1S/C21H27N3O2S/c1-16(17-6-3-2-4-7-17)23-21(26)20(25)22-11-14-24-12-9-18(10-13-24)19-8-5-15-27-19/h2-8,15-16,18H,9-14H2,1H3,(H,22,25)(H,23,26)/t16-/m1/s1. The van der Waals surface area contributed by atoms with E-state index in [9.17, 15) is 9.59 Å². The number of thiophene rings is 1. The molecule has 0 radical (unpaired) electrons. The maximum Gasteiger partial charge on any atom is 0.309 e. The lowest BCUT2D eigenvalue weighted by molar-refractivity contribution is -0.139. The number of piperidine rings is 1. The Morgan fingerprint density at radius 3 is 2.52 bits per heavy atom. The highest BCUT2D eigenvalue weighted by molar-refractivity contribution is 7.10. The van der Waals surface area contributed by atoms with Gasteiger partial charge in [0.1, 0.15) is 0 Å². The van der Waals surface area contributed by atoms with E-state index in [1.807, 2.05) is 48.6 Å². The van der Waals surface area contributed by atoms with Crippen molar-refractivity contribution in [1.82, 2.24) is 15.5 Å². The summed E-state index contributed by atoms with van der Waals surface area (Å²) in [7, 11) is 0. The molecule has 1 saturated heterocycles. The average Bonchev–Trinajstić information content (AvgIpc) is 3.24. The first-order valence-corrected chi connectivity index (χ1v) is 10.4. The molecule has 5 nitrogen and oxygen atoms in total. The van der Waals surface area contributed by atoms with Crippen LogP contribution in [0.1, 0.15) is 42.2 Å². The predicted octanol–water partition coefficient (Wildman–Crippen LogP) is 2.92. The molecule has 0 saturated carbocycles. The average molecular weight is 386 g/mol. The first kappa shape index (κ1) is 19.6. The van der Waals surface area contributed by atoms with E-state index in [0.717, 1.165) is 38.0 Å². The summed E-state index contributed by atoms with van der Waals surface area (Å²) in [4.78, 5) is 27.9. The van der Waals surface area contributed by atoms with Crippen LogP contribution in [0.15, 0.2) is 47.8 Å². The molecule has 0 unspecified atom stereocenters. The minimum absolute atomic E-state index is 0.194. The zero-order valence-electron chi connectivity index (χ0n) is 15.7. The first-order valence-electron chi connectivity index (χ1n) is 9.53. The summed E-state index contributed by atoms with van der Waals surface area (Å²) in [5, 5.41) is 7.62. The SMILES string of the molecule is C[C@@H](NC(=O)C(=O)NCCN1CCC(c2cccs2)CC1)c1ccccc1. The van der Waals surface area contributed by atoms with E-state index in [0.29, 0.717) is 12.5 Å². The lowest BCUT2D eigenvalue weighted by atomic mass is 9.95. The highest BCUT2D eigenvalue weighted by Gasteiger charge is 2.21. The van der Waals surface area contributed by atoms with Crippen molar-refractivity contribution in [3.05, 3.63) is 58.3 Å². The topological polar surface area (TPSA) is 61.4 Å². The number of nitrogens with one attached hydrogen (secondary N) is 2. The number of likely N-dealkylation sites (tertiary alicyclic amines) is 1. The van der Waals surface area contributed by atoms with E-state index >= 15 is 0 Å². The van der Waals surface area contributed by atoms with Gasteiger partial charge >= 0.3 is 11.8 Å². The molecule has 1 atom stereocenters. The van der Waals surface area contributed by atoms with Gasteiger partial charge in [0.15, 0.2) is 0 Å². The Kier molecular flexibility index (Phi) is 7.01. The van der Waals surface area contributed by atoms with Crippen LogP contribution in [-0.2, 0) is 9.59 Å². The fourth-order valence-corrected chi connectivity index (χ4v) is 4.36. The van der Waals surface area contributed by atoms with E-state index < -0.39 is 11.8 Å². The highest BCUT2D eigenvalue weighted by atomic mass is 32.1. The molecular formula is C21H27N3O2S. The second-order valence-electron chi connectivity index (χ2n) is 6.99. The number of carbonyl (C=O) groups excluding carboxylic acids is 2. The van der Waals surface area contributed by atoms with Gasteiger partial charge < -0.3 is 15.5 Å². The van der Waals surface area contributed by atoms with Crippen LogP contribution in [0.2, 0.25) is 0 Å². The second kappa shape index (κ2) is 9.67. The zero-order valence-corrected chi connectivity index (χ0v) is 16.5. The van der Waals surface area contributed by atoms with Gasteiger partial charge in [-0.2, -0.15) is 0 Å². The zero-order chi connectivity index (χ0) is 19.1. The smallest absolute Gasteiger partial charge is 0.309 e. The van der Waals surface area contributed by atoms with Crippen molar-refractivity contribution >= 4 is 23.2 Å². The third-order valence-corrected chi connectivity index (χ3v) is 6.13. The van der Waals surface area contributed by atoms with Crippen LogP contribution in [0.4, 0.5) is 0 Å². The quantitative estimate of drug-likeness (QED) is 0.752. The van der Waals surface area contributed by atoms with Crippen LogP contribution in [-0.4, -0.2) is 42.9 Å². The molecule has 2 heterocycles. The van der Waals surface area contributed by atoms with Crippen molar-refractivity contribution in [3.63, 3.8) is 0 Å². The molecule has 27 heavy (non-hydrogen) atoms. The highest BCUT2D eigenvalue weighted by Crippen LogP contribution is 2.30. The normalized spacial score (nSPS) is 16.6. The molecule has 1 aromatic carbocycles. The number of rotatable bonds is 6. The Bertz CT molecular complexity index is 725. The third-order valence-electron chi connectivity index (χ3n) is 5.10. The Morgan fingerprint density at radius 1 is 1.11 bits per heavy atom. The van der Waals surface area contributed by atoms with Gasteiger partial charge in [-0.3, -0.25) is 9.59 Å². The van der Waals surface area contributed by atoms with Gasteiger partial charge in [-0.1, -0.05) is 36.4 Å². The van der Waals surface area contributed by atoms with Crippen LogP contribution < -0.4 is 10.6 Å². The Balaban J connectivity index is 1.34. The number of carbonyl (C=O) groups is 2. The van der Waals surface area contributed by atoms with Crippen molar-refractivity contribution in [2.75, 3.05) is 26.2 Å². The summed E-state index contributed by atoms with van der Waals surface area (Å²) < 4.78 is 0. The minimum Gasteiger partial charge on any atom is -0.347 e. The molecule has 1 fully saturated rings. The molecule has 3 rings (SSSR count). The van der Waals surface area contributed by atoms with Gasteiger partial charge in [0, 0.05) is 18.0 Å². The molecule has 0 aliphatic carbocycles. The Hall–Kier alpha value is -2.18. The molecule has 1 aliphatic heterocycles. The van der Waals surface area contributed by atoms with E-state index in [-0.39, 0.29) is 6.04 Å². The number of amides is 2.